The number of ether oxygens (including phenoxy) is 3. The van der Waals surface area contributed by atoms with Crippen LogP contribution >= 0.6 is 0 Å². The van der Waals surface area contributed by atoms with Crippen LogP contribution in [0.4, 0.5) is 0 Å². The summed E-state index contributed by atoms with van der Waals surface area (Å²) < 4.78 is 18.0. The number of rotatable bonds is 8. The van der Waals surface area contributed by atoms with Gasteiger partial charge in [0.25, 0.3) is 0 Å². The monoisotopic (exact) mass is 499 g/mol. The lowest BCUT2D eigenvalue weighted by Crippen LogP contribution is -2.70. The molecule has 0 aromatic heterocycles. The molecule has 0 aromatic rings. The number of carboxylic acid groups (broad SMARTS) is 2. The van der Waals surface area contributed by atoms with E-state index in [2.05, 4.69) is 12.2 Å². The van der Waals surface area contributed by atoms with Crippen LogP contribution in [-0.2, 0) is 43.2 Å². The van der Waals surface area contributed by atoms with Gasteiger partial charge in [-0.15, -0.1) is 0 Å². The largest absolute Gasteiger partial charge is 0.481 e. The zero-order valence-corrected chi connectivity index (χ0v) is 20.1. The quantitative estimate of drug-likeness (QED) is 0.327. The zero-order chi connectivity index (χ0) is 25.5. The second kappa shape index (κ2) is 9.64. The summed E-state index contributed by atoms with van der Waals surface area (Å²) in [5, 5.41) is 19.9. The molecule has 196 valence electrons. The van der Waals surface area contributed by atoms with Crippen LogP contribution in [0.25, 0.3) is 0 Å². The average molecular weight is 500 g/mol. The molecule has 5 aliphatic rings. The Hall–Kier alpha value is -2.28. The SMILES string of the molecule is C[C@H]1[C@H](OC(=O)CCC(=O)N[C@@H](CC(=O)O)C(=O)O)O[C@@H]2O[C@@]3(C)CC[C@H]4[C@H](C)CC[C@@H]1[C@]24OO3. The third kappa shape index (κ3) is 4.89. The van der Waals surface area contributed by atoms with Crippen molar-refractivity contribution in [3.8, 4) is 0 Å². The Morgan fingerprint density at radius 2 is 1.80 bits per heavy atom. The summed E-state index contributed by atoms with van der Waals surface area (Å²) in [5.74, 6) is -4.94. The van der Waals surface area contributed by atoms with Gasteiger partial charge in [-0.2, -0.15) is 0 Å². The summed E-state index contributed by atoms with van der Waals surface area (Å²) >= 11 is 0. The number of aliphatic carboxylic acids is 2. The first-order valence-corrected chi connectivity index (χ1v) is 12.1. The molecule has 1 aliphatic carbocycles. The van der Waals surface area contributed by atoms with E-state index in [9.17, 15) is 19.2 Å². The maximum absolute atomic E-state index is 12.5. The first kappa shape index (κ1) is 25.8. The number of esters is 1. The summed E-state index contributed by atoms with van der Waals surface area (Å²) in [4.78, 5) is 58.3. The second-order valence-corrected chi connectivity index (χ2v) is 10.3. The van der Waals surface area contributed by atoms with Crippen molar-refractivity contribution in [2.75, 3.05) is 0 Å². The van der Waals surface area contributed by atoms with Crippen molar-refractivity contribution in [1.82, 2.24) is 5.32 Å². The van der Waals surface area contributed by atoms with Crippen LogP contribution in [0.1, 0.15) is 65.7 Å². The minimum absolute atomic E-state index is 0.0291. The van der Waals surface area contributed by atoms with E-state index in [1.807, 2.05) is 6.92 Å². The van der Waals surface area contributed by atoms with E-state index in [0.29, 0.717) is 12.3 Å². The number of hydrogen-bond acceptors (Lipinski definition) is 9. The number of carbonyl (C=O) groups is 4. The number of hydrogen-bond donors (Lipinski definition) is 3. The van der Waals surface area contributed by atoms with Crippen LogP contribution in [-0.4, -0.2) is 64.0 Å². The lowest BCUT2D eigenvalue weighted by Gasteiger charge is -2.59. The lowest BCUT2D eigenvalue weighted by atomic mass is 9.58. The van der Waals surface area contributed by atoms with E-state index in [0.717, 1.165) is 19.3 Å². The summed E-state index contributed by atoms with van der Waals surface area (Å²) in [5.41, 5.74) is -0.786. The molecule has 4 aliphatic heterocycles. The second-order valence-electron chi connectivity index (χ2n) is 10.3. The van der Waals surface area contributed by atoms with E-state index in [4.69, 9.17) is 34.2 Å². The predicted molar refractivity (Wildman–Crippen MR) is 114 cm³/mol. The van der Waals surface area contributed by atoms with Gasteiger partial charge in [0.05, 0.1) is 12.8 Å². The van der Waals surface area contributed by atoms with Gasteiger partial charge in [-0.25, -0.2) is 14.6 Å². The molecule has 12 heteroatoms. The van der Waals surface area contributed by atoms with E-state index in [1.54, 1.807) is 6.92 Å². The Morgan fingerprint density at radius 3 is 2.49 bits per heavy atom. The van der Waals surface area contributed by atoms with Gasteiger partial charge in [0.1, 0.15) is 6.04 Å². The molecule has 4 saturated heterocycles. The molecular formula is C23H33NO11. The average Bonchev–Trinajstić information content (AvgIpc) is 3.01. The Bertz CT molecular complexity index is 880. The fraction of sp³-hybridized carbons (Fsp3) is 0.826. The number of fused-ring (bicyclic) bond motifs is 2. The summed E-state index contributed by atoms with van der Waals surface area (Å²) in [6.07, 6.45) is 0.226. The molecule has 35 heavy (non-hydrogen) atoms. The normalized spacial score (nSPS) is 40.7. The third-order valence-corrected chi connectivity index (χ3v) is 7.91. The van der Waals surface area contributed by atoms with E-state index >= 15 is 0 Å². The van der Waals surface area contributed by atoms with Crippen LogP contribution in [0.2, 0.25) is 0 Å². The van der Waals surface area contributed by atoms with Crippen LogP contribution in [0, 0.1) is 23.7 Å². The number of carbonyl (C=O) groups excluding carboxylic acids is 2. The zero-order valence-electron chi connectivity index (χ0n) is 20.1. The topological polar surface area (TPSA) is 167 Å². The molecule has 1 spiro atoms. The van der Waals surface area contributed by atoms with Crippen molar-refractivity contribution in [2.24, 2.45) is 23.7 Å². The van der Waals surface area contributed by atoms with Crippen LogP contribution < -0.4 is 5.32 Å². The van der Waals surface area contributed by atoms with Crippen molar-refractivity contribution < 1.29 is 53.4 Å². The molecular weight excluding hydrogens is 466 g/mol. The fourth-order valence-electron chi connectivity index (χ4n) is 6.05. The molecule has 5 rings (SSSR count). The Labute approximate surface area is 202 Å². The Balaban J connectivity index is 1.38. The molecule has 4 heterocycles. The van der Waals surface area contributed by atoms with Gasteiger partial charge in [0.2, 0.25) is 18.0 Å². The summed E-state index contributed by atoms with van der Waals surface area (Å²) in [7, 11) is 0. The molecule has 0 aromatic carbocycles. The molecule has 3 N–H and O–H groups in total. The molecule has 5 fully saturated rings. The van der Waals surface area contributed by atoms with Crippen molar-refractivity contribution in [2.45, 2.75) is 95.7 Å². The first-order valence-electron chi connectivity index (χ1n) is 12.1. The minimum Gasteiger partial charge on any atom is -0.481 e. The molecule has 12 nitrogen and oxygen atoms in total. The smallest absolute Gasteiger partial charge is 0.326 e. The molecule has 1 amide bonds. The van der Waals surface area contributed by atoms with E-state index < -0.39 is 60.2 Å². The van der Waals surface area contributed by atoms with Crippen molar-refractivity contribution in [3.05, 3.63) is 0 Å². The van der Waals surface area contributed by atoms with Crippen LogP contribution in [0.3, 0.4) is 0 Å². The highest BCUT2D eigenvalue weighted by atomic mass is 17.3. The van der Waals surface area contributed by atoms with Gasteiger partial charge in [-0.05, 0) is 38.0 Å². The van der Waals surface area contributed by atoms with Crippen LogP contribution in [0.15, 0.2) is 0 Å². The highest BCUT2D eigenvalue weighted by Gasteiger charge is 2.69. The molecule has 2 bridgehead atoms. The summed E-state index contributed by atoms with van der Waals surface area (Å²) in [6.45, 7) is 5.93. The molecule has 0 radical (unpaired) electrons. The van der Waals surface area contributed by atoms with Gasteiger partial charge in [0.15, 0.2) is 11.9 Å². The van der Waals surface area contributed by atoms with Gasteiger partial charge >= 0.3 is 17.9 Å². The standard InChI is InChI=1S/C23H33NO11/c1-11-4-5-14-12(2)20(32-21-23(14)13(11)8-9-22(3,33-21)34-35-23)31-18(28)7-6-16(25)24-15(19(29)30)10-17(26)27/h11-15,20-21H,4-10H2,1-3H3,(H,24,25)(H,26,27)(H,29,30)/t11-,12-,13+,14+,15+,20-,21-,22-,23+/m1/s1. The highest BCUT2D eigenvalue weighted by molar-refractivity contribution is 5.88. The molecule has 0 unspecified atom stereocenters. The lowest BCUT2D eigenvalue weighted by molar-refractivity contribution is -0.576. The Morgan fingerprint density at radius 1 is 1.06 bits per heavy atom. The first-order chi connectivity index (χ1) is 16.4. The summed E-state index contributed by atoms with van der Waals surface area (Å²) in [6, 6.07) is -1.58. The van der Waals surface area contributed by atoms with Gasteiger partial charge in [-0.1, -0.05) is 13.8 Å². The third-order valence-electron chi connectivity index (χ3n) is 7.91. The number of carboxylic acids is 2. The van der Waals surface area contributed by atoms with E-state index in [-0.39, 0.29) is 30.6 Å². The van der Waals surface area contributed by atoms with Gasteiger partial charge in [-0.3, -0.25) is 14.4 Å². The number of amides is 1. The van der Waals surface area contributed by atoms with Gasteiger partial charge < -0.3 is 29.7 Å². The van der Waals surface area contributed by atoms with Crippen molar-refractivity contribution in [1.29, 1.82) is 0 Å². The molecule has 1 saturated carbocycles. The van der Waals surface area contributed by atoms with Crippen molar-refractivity contribution in [3.63, 3.8) is 0 Å². The van der Waals surface area contributed by atoms with Crippen molar-refractivity contribution >= 4 is 23.8 Å². The molecule has 9 atom stereocenters. The van der Waals surface area contributed by atoms with Gasteiger partial charge in [0, 0.05) is 24.7 Å². The van der Waals surface area contributed by atoms with E-state index in [1.165, 1.54) is 0 Å². The van der Waals surface area contributed by atoms with Crippen LogP contribution in [0.5, 0.6) is 0 Å². The Kier molecular flexibility index (Phi) is 7.11. The maximum Gasteiger partial charge on any atom is 0.326 e. The fourth-order valence-corrected chi connectivity index (χ4v) is 6.05. The highest BCUT2D eigenvalue weighted by Crippen LogP contribution is 2.60. The minimum atomic E-state index is -1.58. The maximum atomic E-state index is 12.5. The number of nitrogens with one attached hydrogen (secondary N) is 1. The predicted octanol–water partition coefficient (Wildman–Crippen LogP) is 1.56.